The molecule has 0 aromatic heterocycles. The Balaban J connectivity index is 2.39. The second-order valence-corrected chi connectivity index (χ2v) is 4.10. The van der Waals surface area contributed by atoms with Crippen molar-refractivity contribution in [1.29, 1.82) is 0 Å². The van der Waals surface area contributed by atoms with Gasteiger partial charge in [-0.25, -0.2) is 8.78 Å². The highest BCUT2D eigenvalue weighted by Crippen LogP contribution is 2.22. The Bertz CT molecular complexity index is 442. The molecule has 0 heterocycles. The Morgan fingerprint density at radius 1 is 1.32 bits per heavy atom. The maximum absolute atomic E-state index is 12.5. The Kier molecular flexibility index (Phi) is 5.56. The van der Waals surface area contributed by atoms with Gasteiger partial charge in [0.2, 0.25) is 5.91 Å². The van der Waals surface area contributed by atoms with Gasteiger partial charge in [0, 0.05) is 0 Å². The molecule has 0 fully saturated rings. The third-order valence-electron chi connectivity index (χ3n) is 2.11. The zero-order valence-electron chi connectivity index (χ0n) is 9.60. The van der Waals surface area contributed by atoms with Crippen molar-refractivity contribution < 1.29 is 22.4 Å². The summed E-state index contributed by atoms with van der Waals surface area (Å²) in [6.07, 6.45) is -3.77. The first kappa shape index (κ1) is 15.7. The average Bonchev–Trinajstić information content (AvgIpc) is 2.31. The number of halogens is 5. The summed E-state index contributed by atoms with van der Waals surface area (Å²) in [6.45, 7) is -1.80. The van der Waals surface area contributed by atoms with E-state index in [1.807, 2.05) is 5.32 Å². The highest BCUT2D eigenvalue weighted by Gasteiger charge is 2.40. The van der Waals surface area contributed by atoms with Crippen LogP contribution in [0.25, 0.3) is 0 Å². The number of para-hydroxylation sites is 1. The number of carbonyl (C=O) groups is 1. The smallest absolute Gasteiger partial charge is 0.319 e. The predicted molar refractivity (Wildman–Crippen MR) is 63.9 cm³/mol. The number of nitrogens with one attached hydrogen (secondary N) is 2. The van der Waals surface area contributed by atoms with E-state index in [-0.39, 0.29) is 5.02 Å². The summed E-state index contributed by atoms with van der Waals surface area (Å²) < 4.78 is 48.7. The van der Waals surface area contributed by atoms with Gasteiger partial charge < -0.3 is 10.6 Å². The van der Waals surface area contributed by atoms with Crippen LogP contribution in [-0.2, 0) is 4.79 Å². The largest absolute Gasteiger partial charge is 0.324 e. The van der Waals surface area contributed by atoms with Crippen LogP contribution in [0.15, 0.2) is 24.3 Å². The van der Waals surface area contributed by atoms with E-state index < -0.39 is 31.3 Å². The Morgan fingerprint density at radius 3 is 2.53 bits per heavy atom. The number of amides is 1. The van der Waals surface area contributed by atoms with Crippen molar-refractivity contribution in [3.05, 3.63) is 29.3 Å². The van der Waals surface area contributed by atoms with Crippen LogP contribution in [0, 0.1) is 0 Å². The fraction of sp³-hybridized carbons (Fsp3) is 0.364. The Labute approximate surface area is 111 Å². The molecule has 0 aliphatic heterocycles. The summed E-state index contributed by atoms with van der Waals surface area (Å²) in [7, 11) is 0. The number of rotatable bonds is 6. The molecule has 0 spiro atoms. The molecular weight excluding hydrogens is 288 g/mol. The fourth-order valence-corrected chi connectivity index (χ4v) is 1.36. The monoisotopic (exact) mass is 298 g/mol. The summed E-state index contributed by atoms with van der Waals surface area (Å²) in [4.78, 5) is 11.4. The molecule has 1 rings (SSSR count). The van der Waals surface area contributed by atoms with Crippen LogP contribution in [0.1, 0.15) is 0 Å². The quantitative estimate of drug-likeness (QED) is 0.793. The Hall–Kier alpha value is -1.34. The lowest BCUT2D eigenvalue weighted by atomic mass is 10.3. The van der Waals surface area contributed by atoms with Crippen molar-refractivity contribution in [3.8, 4) is 0 Å². The lowest BCUT2D eigenvalue weighted by Crippen LogP contribution is -2.41. The molecule has 1 amide bonds. The van der Waals surface area contributed by atoms with E-state index in [0.29, 0.717) is 5.69 Å². The van der Waals surface area contributed by atoms with Crippen LogP contribution >= 0.6 is 11.6 Å². The molecule has 1 aromatic rings. The van der Waals surface area contributed by atoms with Gasteiger partial charge in [0.05, 0.1) is 23.8 Å². The van der Waals surface area contributed by atoms with Gasteiger partial charge in [-0.15, -0.1) is 0 Å². The zero-order valence-corrected chi connectivity index (χ0v) is 10.4. The summed E-state index contributed by atoms with van der Waals surface area (Å²) in [6, 6.07) is 6.34. The highest BCUT2D eigenvalue weighted by molar-refractivity contribution is 6.33. The van der Waals surface area contributed by atoms with Crippen LogP contribution in [0.2, 0.25) is 5.02 Å². The van der Waals surface area contributed by atoms with E-state index in [0.717, 1.165) is 0 Å². The van der Waals surface area contributed by atoms with Gasteiger partial charge in [0.1, 0.15) is 0 Å². The molecule has 1 aromatic carbocycles. The molecule has 0 bridgehead atoms. The van der Waals surface area contributed by atoms with Gasteiger partial charge in [-0.2, -0.15) is 8.78 Å². The molecule has 0 radical (unpaired) electrons. The Morgan fingerprint density at radius 2 is 1.95 bits per heavy atom. The average molecular weight is 299 g/mol. The number of carbonyl (C=O) groups excluding carboxylic acids is 1. The topological polar surface area (TPSA) is 41.1 Å². The van der Waals surface area contributed by atoms with E-state index >= 15 is 0 Å². The molecule has 8 heteroatoms. The van der Waals surface area contributed by atoms with Crippen LogP contribution in [0.4, 0.5) is 23.2 Å². The third kappa shape index (κ3) is 5.04. The SMILES string of the molecule is O=C(CNCC(F)(F)C(F)F)Nc1ccccc1Cl. The summed E-state index contributed by atoms with van der Waals surface area (Å²) in [5.41, 5.74) is 0.316. The lowest BCUT2D eigenvalue weighted by Gasteiger charge is -2.15. The lowest BCUT2D eigenvalue weighted by molar-refractivity contribution is -0.127. The standard InChI is InChI=1S/C11H11ClF4N2O/c12-7-3-1-2-4-8(7)18-9(19)5-17-6-11(15,16)10(13)14/h1-4,10,17H,5-6H2,(H,18,19). The summed E-state index contributed by atoms with van der Waals surface area (Å²) in [5.74, 6) is -4.82. The van der Waals surface area contributed by atoms with E-state index in [1.165, 1.54) is 12.1 Å². The fourth-order valence-electron chi connectivity index (χ4n) is 1.18. The molecule has 19 heavy (non-hydrogen) atoms. The molecule has 0 aliphatic rings. The molecule has 0 atom stereocenters. The predicted octanol–water partition coefficient (Wildman–Crippen LogP) is 2.77. The van der Waals surface area contributed by atoms with Crippen molar-refractivity contribution in [3.63, 3.8) is 0 Å². The summed E-state index contributed by atoms with van der Waals surface area (Å²) >= 11 is 5.76. The van der Waals surface area contributed by atoms with E-state index in [4.69, 9.17) is 11.6 Å². The second kappa shape index (κ2) is 6.72. The van der Waals surface area contributed by atoms with E-state index in [1.54, 1.807) is 12.1 Å². The number of alkyl halides is 4. The first-order valence-electron chi connectivity index (χ1n) is 5.24. The van der Waals surface area contributed by atoms with Crippen LogP contribution in [0.5, 0.6) is 0 Å². The second-order valence-electron chi connectivity index (χ2n) is 3.69. The summed E-state index contributed by atoms with van der Waals surface area (Å²) in [5, 5.41) is 4.61. The number of anilines is 1. The van der Waals surface area contributed by atoms with Crippen LogP contribution < -0.4 is 10.6 Å². The minimum atomic E-state index is -4.16. The van der Waals surface area contributed by atoms with Gasteiger partial charge in [-0.3, -0.25) is 4.79 Å². The van der Waals surface area contributed by atoms with Crippen LogP contribution in [-0.4, -0.2) is 31.3 Å². The molecule has 106 valence electrons. The van der Waals surface area contributed by atoms with Gasteiger partial charge in [-0.1, -0.05) is 23.7 Å². The number of hydrogen-bond donors (Lipinski definition) is 2. The first-order chi connectivity index (χ1) is 8.83. The maximum atomic E-state index is 12.5. The highest BCUT2D eigenvalue weighted by atomic mass is 35.5. The van der Waals surface area contributed by atoms with Gasteiger partial charge in [-0.05, 0) is 12.1 Å². The minimum absolute atomic E-state index is 0.286. The van der Waals surface area contributed by atoms with Gasteiger partial charge in [0.15, 0.2) is 0 Å². The molecule has 0 saturated carbocycles. The zero-order chi connectivity index (χ0) is 14.5. The number of benzene rings is 1. The van der Waals surface area contributed by atoms with Crippen LogP contribution in [0.3, 0.4) is 0 Å². The molecular formula is C11H11ClF4N2O. The van der Waals surface area contributed by atoms with Crippen molar-refractivity contribution in [2.24, 2.45) is 0 Å². The first-order valence-corrected chi connectivity index (χ1v) is 5.62. The molecule has 3 nitrogen and oxygen atoms in total. The van der Waals surface area contributed by atoms with Crippen molar-refractivity contribution in [2.75, 3.05) is 18.4 Å². The van der Waals surface area contributed by atoms with Crippen molar-refractivity contribution >= 4 is 23.2 Å². The normalized spacial score (nSPS) is 11.7. The molecule has 2 N–H and O–H groups in total. The van der Waals surface area contributed by atoms with Gasteiger partial charge >= 0.3 is 12.3 Å². The third-order valence-corrected chi connectivity index (χ3v) is 2.44. The molecule has 0 saturated heterocycles. The maximum Gasteiger partial charge on any atom is 0.319 e. The van der Waals surface area contributed by atoms with Crippen molar-refractivity contribution in [1.82, 2.24) is 5.32 Å². The van der Waals surface area contributed by atoms with E-state index in [9.17, 15) is 22.4 Å². The van der Waals surface area contributed by atoms with Gasteiger partial charge in [0.25, 0.3) is 0 Å². The number of hydrogen-bond acceptors (Lipinski definition) is 2. The van der Waals surface area contributed by atoms with E-state index in [2.05, 4.69) is 5.32 Å². The minimum Gasteiger partial charge on any atom is -0.324 e. The van der Waals surface area contributed by atoms with Crippen molar-refractivity contribution in [2.45, 2.75) is 12.3 Å². The molecule has 0 aliphatic carbocycles. The molecule has 0 unspecified atom stereocenters.